The number of nitro groups is 1. The normalized spacial score (nSPS) is 10.7. The lowest BCUT2D eigenvalue weighted by Crippen LogP contribution is -2.18. The highest BCUT2D eigenvalue weighted by Crippen LogP contribution is 2.29. The third-order valence-corrected chi connectivity index (χ3v) is 4.23. The van der Waals surface area contributed by atoms with Crippen LogP contribution in [0.5, 0.6) is 5.75 Å². The van der Waals surface area contributed by atoms with Gasteiger partial charge in [0, 0.05) is 11.7 Å². The Hall–Kier alpha value is -3.35. The molecule has 0 aliphatic heterocycles. The SMILES string of the molecule is CCc1ccc2c(ccn2CC(=O)Nc2ccc(OC)cc2[N+](=O)[O-])c1. The van der Waals surface area contributed by atoms with Gasteiger partial charge >= 0.3 is 0 Å². The third kappa shape index (κ3) is 3.51. The van der Waals surface area contributed by atoms with Crippen LogP contribution >= 0.6 is 0 Å². The van der Waals surface area contributed by atoms with E-state index in [0.717, 1.165) is 17.3 Å². The minimum Gasteiger partial charge on any atom is -0.496 e. The average molecular weight is 353 g/mol. The second kappa shape index (κ2) is 7.26. The van der Waals surface area contributed by atoms with Crippen LogP contribution in [-0.4, -0.2) is 22.5 Å². The van der Waals surface area contributed by atoms with E-state index in [1.54, 1.807) is 6.07 Å². The van der Waals surface area contributed by atoms with Crippen molar-refractivity contribution in [3.63, 3.8) is 0 Å². The number of carbonyl (C=O) groups is 1. The predicted molar refractivity (Wildman–Crippen MR) is 99.6 cm³/mol. The van der Waals surface area contributed by atoms with E-state index < -0.39 is 4.92 Å². The van der Waals surface area contributed by atoms with Gasteiger partial charge in [-0.15, -0.1) is 0 Å². The molecule has 0 aliphatic carbocycles. The molecule has 0 atom stereocenters. The molecular formula is C19H19N3O4. The molecule has 0 bridgehead atoms. The van der Waals surface area contributed by atoms with Gasteiger partial charge in [0.15, 0.2) is 0 Å². The van der Waals surface area contributed by atoms with Crippen LogP contribution in [0.2, 0.25) is 0 Å². The minimum atomic E-state index is -0.546. The topological polar surface area (TPSA) is 86.4 Å². The number of aromatic nitrogens is 1. The fourth-order valence-electron chi connectivity index (χ4n) is 2.85. The number of hydrogen-bond acceptors (Lipinski definition) is 4. The van der Waals surface area contributed by atoms with Crippen LogP contribution in [0.25, 0.3) is 10.9 Å². The fourth-order valence-corrected chi connectivity index (χ4v) is 2.85. The van der Waals surface area contributed by atoms with E-state index in [0.29, 0.717) is 5.75 Å². The zero-order valence-electron chi connectivity index (χ0n) is 14.6. The van der Waals surface area contributed by atoms with Crippen molar-refractivity contribution in [1.82, 2.24) is 4.57 Å². The molecule has 1 amide bonds. The number of hydrogen-bond donors (Lipinski definition) is 1. The molecule has 2 aromatic carbocycles. The van der Waals surface area contributed by atoms with E-state index in [1.165, 1.54) is 24.8 Å². The Morgan fingerprint density at radius 3 is 2.73 bits per heavy atom. The number of benzene rings is 2. The van der Waals surface area contributed by atoms with E-state index in [4.69, 9.17) is 4.74 Å². The molecule has 7 heteroatoms. The molecule has 1 heterocycles. The number of amides is 1. The van der Waals surface area contributed by atoms with E-state index in [2.05, 4.69) is 18.3 Å². The fraction of sp³-hybridized carbons (Fsp3) is 0.211. The molecule has 0 unspecified atom stereocenters. The van der Waals surface area contributed by atoms with E-state index >= 15 is 0 Å². The predicted octanol–water partition coefficient (Wildman–Crippen LogP) is 3.76. The quantitative estimate of drug-likeness (QED) is 0.540. The van der Waals surface area contributed by atoms with Crippen molar-refractivity contribution >= 4 is 28.2 Å². The molecule has 0 radical (unpaired) electrons. The van der Waals surface area contributed by atoms with Crippen molar-refractivity contribution < 1.29 is 14.5 Å². The molecule has 0 saturated heterocycles. The number of nitro benzene ring substituents is 1. The van der Waals surface area contributed by atoms with Crippen LogP contribution in [0.15, 0.2) is 48.7 Å². The van der Waals surface area contributed by atoms with Crippen LogP contribution in [0.4, 0.5) is 11.4 Å². The summed E-state index contributed by atoms with van der Waals surface area (Å²) in [6.45, 7) is 2.16. The summed E-state index contributed by atoms with van der Waals surface area (Å²) in [6, 6.07) is 12.4. The molecular weight excluding hydrogens is 334 g/mol. The van der Waals surface area contributed by atoms with Gasteiger partial charge in [0.1, 0.15) is 18.0 Å². The highest BCUT2D eigenvalue weighted by atomic mass is 16.6. The molecule has 3 rings (SSSR count). The number of ether oxygens (including phenoxy) is 1. The molecule has 0 spiro atoms. The van der Waals surface area contributed by atoms with Gasteiger partial charge in [-0.3, -0.25) is 14.9 Å². The molecule has 7 nitrogen and oxygen atoms in total. The lowest BCUT2D eigenvalue weighted by atomic mass is 10.1. The Bertz CT molecular complexity index is 978. The highest BCUT2D eigenvalue weighted by Gasteiger charge is 2.17. The Morgan fingerprint density at radius 1 is 1.23 bits per heavy atom. The number of methoxy groups -OCH3 is 1. The van der Waals surface area contributed by atoms with Crippen LogP contribution in [-0.2, 0) is 17.8 Å². The van der Waals surface area contributed by atoms with Gasteiger partial charge in [-0.25, -0.2) is 0 Å². The smallest absolute Gasteiger partial charge is 0.296 e. The number of rotatable bonds is 6. The van der Waals surface area contributed by atoms with Gasteiger partial charge < -0.3 is 14.6 Å². The van der Waals surface area contributed by atoms with Crippen LogP contribution in [0.3, 0.4) is 0 Å². The first-order chi connectivity index (χ1) is 12.5. The van der Waals surface area contributed by atoms with E-state index in [-0.39, 0.29) is 23.8 Å². The largest absolute Gasteiger partial charge is 0.496 e. The van der Waals surface area contributed by atoms with Crippen molar-refractivity contribution in [1.29, 1.82) is 0 Å². The van der Waals surface area contributed by atoms with Crippen molar-refractivity contribution in [2.24, 2.45) is 0 Å². The number of nitrogens with zero attached hydrogens (tertiary/aromatic N) is 2. The second-order valence-corrected chi connectivity index (χ2v) is 5.88. The Balaban J connectivity index is 1.80. The van der Waals surface area contributed by atoms with Crippen molar-refractivity contribution in [3.05, 3.63) is 64.3 Å². The number of aryl methyl sites for hydroxylation is 1. The Kier molecular flexibility index (Phi) is 4.88. The number of fused-ring (bicyclic) bond motifs is 1. The number of carbonyl (C=O) groups excluding carboxylic acids is 1. The minimum absolute atomic E-state index is 0.0676. The number of anilines is 1. The summed E-state index contributed by atoms with van der Waals surface area (Å²) < 4.78 is 6.81. The maximum atomic E-state index is 12.4. The van der Waals surface area contributed by atoms with Crippen molar-refractivity contribution in [2.45, 2.75) is 19.9 Å². The van der Waals surface area contributed by atoms with Gasteiger partial charge in [0.05, 0.1) is 18.1 Å². The van der Waals surface area contributed by atoms with Crippen LogP contribution < -0.4 is 10.1 Å². The van der Waals surface area contributed by atoms with Gasteiger partial charge in [-0.2, -0.15) is 0 Å². The van der Waals surface area contributed by atoms with Gasteiger partial charge in [-0.1, -0.05) is 13.0 Å². The molecule has 26 heavy (non-hydrogen) atoms. The molecule has 3 aromatic rings. The monoisotopic (exact) mass is 353 g/mol. The summed E-state index contributed by atoms with van der Waals surface area (Å²) in [5.74, 6) is 0.0214. The Morgan fingerprint density at radius 2 is 2.04 bits per heavy atom. The summed E-state index contributed by atoms with van der Waals surface area (Å²) in [7, 11) is 1.43. The summed E-state index contributed by atoms with van der Waals surface area (Å²) in [5.41, 5.74) is 2.11. The van der Waals surface area contributed by atoms with E-state index in [1.807, 2.05) is 29.0 Å². The van der Waals surface area contributed by atoms with Crippen molar-refractivity contribution in [2.75, 3.05) is 12.4 Å². The molecule has 0 saturated carbocycles. The summed E-state index contributed by atoms with van der Waals surface area (Å²) in [6.07, 6.45) is 2.79. The first-order valence-corrected chi connectivity index (χ1v) is 8.22. The molecule has 134 valence electrons. The maximum absolute atomic E-state index is 12.4. The zero-order valence-corrected chi connectivity index (χ0v) is 14.6. The first kappa shape index (κ1) is 17.5. The van der Waals surface area contributed by atoms with Gasteiger partial charge in [0.25, 0.3) is 5.69 Å². The number of nitrogens with one attached hydrogen (secondary N) is 1. The lowest BCUT2D eigenvalue weighted by Gasteiger charge is -2.09. The first-order valence-electron chi connectivity index (χ1n) is 8.22. The summed E-state index contributed by atoms with van der Waals surface area (Å²) in [5, 5.41) is 14.9. The standard InChI is InChI=1S/C19H19N3O4/c1-3-13-4-7-17-14(10-13)8-9-21(17)12-19(23)20-16-6-5-15(26-2)11-18(16)22(24)25/h4-11H,3,12H2,1-2H3,(H,20,23). The Labute approximate surface area is 150 Å². The average Bonchev–Trinajstić information content (AvgIpc) is 3.03. The van der Waals surface area contributed by atoms with Gasteiger partial charge in [0.2, 0.25) is 5.91 Å². The third-order valence-electron chi connectivity index (χ3n) is 4.23. The van der Waals surface area contributed by atoms with Crippen molar-refractivity contribution in [3.8, 4) is 5.75 Å². The lowest BCUT2D eigenvalue weighted by molar-refractivity contribution is -0.384. The molecule has 1 aromatic heterocycles. The maximum Gasteiger partial charge on any atom is 0.296 e. The van der Waals surface area contributed by atoms with Gasteiger partial charge in [-0.05, 0) is 47.7 Å². The zero-order chi connectivity index (χ0) is 18.7. The second-order valence-electron chi connectivity index (χ2n) is 5.88. The molecule has 0 fully saturated rings. The summed E-state index contributed by atoms with van der Waals surface area (Å²) in [4.78, 5) is 23.1. The molecule has 1 N–H and O–H groups in total. The molecule has 0 aliphatic rings. The highest BCUT2D eigenvalue weighted by molar-refractivity contribution is 5.94. The van der Waals surface area contributed by atoms with Crippen LogP contribution in [0.1, 0.15) is 12.5 Å². The van der Waals surface area contributed by atoms with E-state index in [9.17, 15) is 14.9 Å². The summed E-state index contributed by atoms with van der Waals surface area (Å²) >= 11 is 0. The van der Waals surface area contributed by atoms with Crippen LogP contribution in [0, 0.1) is 10.1 Å².